The summed E-state index contributed by atoms with van der Waals surface area (Å²) < 4.78 is 13.8. The number of hydrogen-bond donors (Lipinski definition) is 3. The first-order valence-electron chi connectivity index (χ1n) is 19.7. The van der Waals surface area contributed by atoms with Crippen LogP contribution in [0, 0.1) is 0 Å². The van der Waals surface area contributed by atoms with Crippen LogP contribution in [0.5, 0.6) is 0 Å². The fourth-order valence-corrected chi connectivity index (χ4v) is 6.99. The number of carboxylic acid groups (broad SMARTS) is 1. The SMILES string of the molecule is C[C@@H](Cc1ccccc1)NC(=O)OC[n+]1ccc(C(=O)N2CCC[C@H]2C(=O)O)cc1.C[C@@H]1CCCN1C(=O)c1cc[n+](COC(=O)N[C@@H](C)Cc2ccccc2)cc1.[Cl-]. The van der Waals surface area contributed by atoms with Gasteiger partial charge in [0.05, 0.1) is 11.1 Å². The average Bonchev–Trinajstić information content (AvgIpc) is 3.90. The third-order valence-electron chi connectivity index (χ3n) is 10.1. The molecule has 0 spiro atoms. The molecular formula is C44H54ClN6O8+. The molecule has 2 saturated heterocycles. The highest BCUT2D eigenvalue weighted by atomic mass is 35.5. The fourth-order valence-electron chi connectivity index (χ4n) is 6.99. The fraction of sp³-hybridized carbons (Fsp3) is 0.386. The van der Waals surface area contributed by atoms with E-state index in [1.165, 1.54) is 4.90 Å². The van der Waals surface area contributed by atoms with Crippen molar-refractivity contribution >= 4 is 30.0 Å². The van der Waals surface area contributed by atoms with Crippen molar-refractivity contribution in [3.8, 4) is 0 Å². The summed E-state index contributed by atoms with van der Waals surface area (Å²) in [5.41, 5.74) is 3.35. The van der Waals surface area contributed by atoms with Gasteiger partial charge in [-0.05, 0) is 70.4 Å². The third-order valence-corrected chi connectivity index (χ3v) is 10.1. The molecule has 59 heavy (non-hydrogen) atoms. The van der Waals surface area contributed by atoms with Gasteiger partial charge in [0.1, 0.15) is 6.04 Å². The van der Waals surface area contributed by atoms with Crippen molar-refractivity contribution in [2.45, 2.75) is 96.9 Å². The highest BCUT2D eigenvalue weighted by Gasteiger charge is 2.34. The lowest BCUT2D eigenvalue weighted by molar-refractivity contribution is -0.727. The number of hydrogen-bond acceptors (Lipinski definition) is 7. The topological polar surface area (TPSA) is 162 Å². The lowest BCUT2D eigenvalue weighted by Gasteiger charge is -2.21. The van der Waals surface area contributed by atoms with E-state index >= 15 is 0 Å². The zero-order valence-electron chi connectivity index (χ0n) is 33.7. The first kappa shape index (κ1) is 45.7. The summed E-state index contributed by atoms with van der Waals surface area (Å²) in [7, 11) is 0. The van der Waals surface area contributed by atoms with Gasteiger partial charge in [-0.1, -0.05) is 60.7 Å². The highest BCUT2D eigenvalue weighted by Crippen LogP contribution is 2.20. The molecule has 0 bridgehead atoms. The Morgan fingerprint density at radius 1 is 0.661 bits per heavy atom. The van der Waals surface area contributed by atoms with E-state index in [4.69, 9.17) is 9.47 Å². The Bertz CT molecular complexity index is 1970. The molecule has 6 rings (SSSR count). The summed E-state index contributed by atoms with van der Waals surface area (Å²) in [6.45, 7) is 7.29. The maximum Gasteiger partial charge on any atom is 0.412 e. The lowest BCUT2D eigenvalue weighted by atomic mass is 10.1. The molecule has 3 N–H and O–H groups in total. The van der Waals surface area contributed by atoms with Gasteiger partial charge in [0, 0.05) is 55.5 Å². The van der Waals surface area contributed by atoms with E-state index in [1.807, 2.05) is 79.4 Å². The second-order valence-corrected chi connectivity index (χ2v) is 14.8. The van der Waals surface area contributed by atoms with Crippen molar-refractivity contribution < 1.29 is 60.1 Å². The van der Waals surface area contributed by atoms with E-state index in [0.717, 1.165) is 36.9 Å². The maximum atomic E-state index is 12.6. The number of pyridine rings is 2. The zero-order chi connectivity index (χ0) is 41.4. The zero-order valence-corrected chi connectivity index (χ0v) is 34.5. The van der Waals surface area contributed by atoms with E-state index in [9.17, 15) is 29.1 Å². The van der Waals surface area contributed by atoms with E-state index < -0.39 is 24.2 Å². The first-order valence-corrected chi connectivity index (χ1v) is 19.7. The number of halogens is 1. The number of rotatable bonds is 13. The van der Waals surface area contributed by atoms with Gasteiger partial charge in [0.25, 0.3) is 25.3 Å². The van der Waals surface area contributed by atoms with Gasteiger partial charge in [-0.15, -0.1) is 0 Å². The van der Waals surface area contributed by atoms with Gasteiger partial charge in [-0.25, -0.2) is 14.4 Å². The minimum Gasteiger partial charge on any atom is -1.00 e. The molecule has 4 amide bonds. The number of carboxylic acids is 1. The Labute approximate surface area is 351 Å². The van der Waals surface area contributed by atoms with Crippen LogP contribution in [0.1, 0.15) is 78.3 Å². The Morgan fingerprint density at radius 3 is 1.47 bits per heavy atom. The van der Waals surface area contributed by atoms with Gasteiger partial charge in [-0.2, -0.15) is 9.13 Å². The standard InChI is InChI=1S/C22H25N3O5.C22H27N3O3.ClH/c1-16(14-17-6-3-2-4-7-17)23-22(29)30-15-24-12-9-18(10-13-24)20(26)25-11-5-8-19(25)21(27)28;1-17(15-19-8-4-3-5-9-19)23-22(27)28-16-24-13-10-20(11-14-24)21(26)25-12-6-7-18(25)2;/h2-4,6-7,9-10,12-13,16,19H,5,8,11,14-15H2,1H3,(H-,23,27,28,29);3-5,8-11,13-14,17-18H,6-7,12,15-16H2,1-2H3;1H/p+1/t16-,19-;17-,18+;/m00./s1. The Balaban J connectivity index is 0.000000257. The van der Waals surface area contributed by atoms with E-state index in [-0.39, 0.29) is 49.8 Å². The van der Waals surface area contributed by atoms with Crippen LogP contribution < -0.4 is 32.2 Å². The monoisotopic (exact) mass is 829 g/mol. The maximum absolute atomic E-state index is 12.6. The molecule has 2 fully saturated rings. The number of likely N-dealkylation sites (tertiary alicyclic amines) is 2. The quantitative estimate of drug-likeness (QED) is 0.172. The summed E-state index contributed by atoms with van der Waals surface area (Å²) >= 11 is 0. The van der Waals surface area contributed by atoms with Crippen LogP contribution in [-0.2, 0) is 40.6 Å². The Kier molecular flexibility index (Phi) is 17.7. The first-order chi connectivity index (χ1) is 28.0. The normalized spacial score (nSPS) is 16.7. The number of carbonyl (C=O) groups excluding carboxylic acids is 4. The summed E-state index contributed by atoms with van der Waals surface area (Å²) in [6, 6.07) is 26.0. The van der Waals surface area contributed by atoms with Gasteiger partial charge >= 0.3 is 18.2 Å². The van der Waals surface area contributed by atoms with Crippen LogP contribution in [0.15, 0.2) is 110 Å². The number of alkyl carbamates (subject to hydrolysis) is 2. The van der Waals surface area contributed by atoms with Crippen molar-refractivity contribution in [1.29, 1.82) is 0 Å². The molecule has 0 saturated carbocycles. The van der Waals surface area contributed by atoms with Gasteiger partial charge in [0.2, 0.25) is 0 Å². The van der Waals surface area contributed by atoms with Crippen LogP contribution in [0.4, 0.5) is 9.59 Å². The highest BCUT2D eigenvalue weighted by molar-refractivity contribution is 5.96. The molecule has 0 aliphatic carbocycles. The van der Waals surface area contributed by atoms with E-state index in [1.54, 1.807) is 58.2 Å². The average molecular weight is 830 g/mol. The summed E-state index contributed by atoms with van der Waals surface area (Å²) in [6.07, 6.45) is 10.5. The largest absolute Gasteiger partial charge is 1.00 e. The number of aliphatic carboxylic acids is 1. The molecule has 4 heterocycles. The van der Waals surface area contributed by atoms with Crippen LogP contribution >= 0.6 is 0 Å². The molecule has 2 aromatic heterocycles. The predicted octanol–water partition coefficient (Wildman–Crippen LogP) is 1.90. The van der Waals surface area contributed by atoms with Crippen molar-refractivity contribution in [3.05, 3.63) is 132 Å². The molecule has 2 aliphatic rings. The number of benzene rings is 2. The van der Waals surface area contributed by atoms with Crippen LogP contribution in [0.3, 0.4) is 0 Å². The number of nitrogens with one attached hydrogen (secondary N) is 2. The number of carbonyl (C=O) groups is 5. The summed E-state index contributed by atoms with van der Waals surface area (Å²) in [5, 5.41) is 14.9. The smallest absolute Gasteiger partial charge is 0.412 e. The minimum atomic E-state index is -0.979. The summed E-state index contributed by atoms with van der Waals surface area (Å²) in [4.78, 5) is 63.7. The molecule has 15 heteroatoms. The van der Waals surface area contributed by atoms with E-state index in [0.29, 0.717) is 43.0 Å². The molecule has 4 aromatic rings. The number of aromatic nitrogens is 2. The second-order valence-electron chi connectivity index (χ2n) is 14.8. The van der Waals surface area contributed by atoms with Crippen molar-refractivity contribution in [1.82, 2.24) is 20.4 Å². The molecule has 2 aliphatic heterocycles. The Morgan fingerprint density at radius 2 is 1.07 bits per heavy atom. The molecular weight excluding hydrogens is 776 g/mol. The minimum absolute atomic E-state index is 0. The Hall–Kier alpha value is -6.02. The lowest BCUT2D eigenvalue weighted by Crippen LogP contribution is -3.00. The molecule has 0 radical (unpaired) electrons. The third kappa shape index (κ3) is 14.1. The van der Waals surface area contributed by atoms with Gasteiger partial charge in [0.15, 0.2) is 24.8 Å². The molecule has 2 aromatic carbocycles. The van der Waals surface area contributed by atoms with Crippen LogP contribution in [0.25, 0.3) is 0 Å². The number of ether oxygens (including phenoxy) is 2. The number of amides is 4. The van der Waals surface area contributed by atoms with Crippen LogP contribution in [0.2, 0.25) is 0 Å². The molecule has 314 valence electrons. The van der Waals surface area contributed by atoms with Gasteiger partial charge in [-0.3, -0.25) is 9.59 Å². The number of nitrogens with zero attached hydrogens (tertiary/aromatic N) is 4. The predicted molar refractivity (Wildman–Crippen MR) is 213 cm³/mol. The molecule has 0 unspecified atom stereocenters. The van der Waals surface area contributed by atoms with Crippen molar-refractivity contribution in [2.75, 3.05) is 13.1 Å². The summed E-state index contributed by atoms with van der Waals surface area (Å²) in [5.74, 6) is -1.22. The van der Waals surface area contributed by atoms with Crippen molar-refractivity contribution in [3.63, 3.8) is 0 Å². The van der Waals surface area contributed by atoms with Crippen molar-refractivity contribution in [2.24, 2.45) is 0 Å². The van der Waals surface area contributed by atoms with Crippen LogP contribution in [-0.4, -0.2) is 82.1 Å². The molecule has 4 atom stereocenters. The van der Waals surface area contributed by atoms with E-state index in [2.05, 4.69) is 17.6 Å². The van der Waals surface area contributed by atoms with Gasteiger partial charge < -0.3 is 47.4 Å². The molecule has 14 nitrogen and oxygen atoms in total. The second kappa shape index (κ2) is 22.8.